The van der Waals surface area contributed by atoms with Crippen LogP contribution in [-0.2, 0) is 0 Å². The lowest BCUT2D eigenvalue weighted by Gasteiger charge is -2.19. The van der Waals surface area contributed by atoms with Gasteiger partial charge in [-0.05, 0) is 46.9 Å². The van der Waals surface area contributed by atoms with Crippen molar-refractivity contribution in [2.75, 3.05) is 6.54 Å². The molecule has 0 saturated heterocycles. The fraction of sp³-hybridized carbons (Fsp3) is 0.692. The summed E-state index contributed by atoms with van der Waals surface area (Å²) in [4.78, 5) is 0. The average Bonchev–Trinajstić information content (AvgIpc) is 2.88. The fourth-order valence-electron chi connectivity index (χ4n) is 2.64. The van der Waals surface area contributed by atoms with Crippen LogP contribution in [0.25, 0.3) is 0 Å². The minimum atomic E-state index is 0.388. The molecule has 1 aliphatic carbocycles. The highest BCUT2D eigenvalue weighted by Crippen LogP contribution is 2.33. The molecule has 16 heavy (non-hydrogen) atoms. The second-order valence-electron chi connectivity index (χ2n) is 4.64. The van der Waals surface area contributed by atoms with Crippen LogP contribution in [0.15, 0.2) is 21.2 Å². The molecule has 90 valence electrons. The molecule has 1 aliphatic rings. The van der Waals surface area contributed by atoms with Gasteiger partial charge in [-0.25, -0.2) is 0 Å². The van der Waals surface area contributed by atoms with Crippen LogP contribution in [0.2, 0.25) is 0 Å². The van der Waals surface area contributed by atoms with Gasteiger partial charge in [0.2, 0.25) is 0 Å². The zero-order valence-electron chi connectivity index (χ0n) is 9.84. The third kappa shape index (κ3) is 3.11. The Morgan fingerprint density at radius 1 is 1.44 bits per heavy atom. The van der Waals surface area contributed by atoms with Crippen LogP contribution < -0.4 is 5.32 Å². The lowest BCUT2D eigenvalue weighted by molar-refractivity contribution is 0.341. The predicted molar refractivity (Wildman–Crippen MR) is 69.4 cm³/mol. The van der Waals surface area contributed by atoms with Crippen LogP contribution in [0, 0.1) is 5.92 Å². The van der Waals surface area contributed by atoms with Crippen molar-refractivity contribution >= 4 is 15.9 Å². The average molecular weight is 286 g/mol. The summed E-state index contributed by atoms with van der Waals surface area (Å²) in [6.07, 6.45) is 6.82. The Hall–Kier alpha value is -0.280. The molecule has 2 nitrogen and oxygen atoms in total. The Bertz CT molecular complexity index is 317. The van der Waals surface area contributed by atoms with E-state index in [-0.39, 0.29) is 0 Å². The van der Waals surface area contributed by atoms with Crippen LogP contribution in [0.5, 0.6) is 0 Å². The molecule has 0 aromatic carbocycles. The predicted octanol–water partition coefficient (Wildman–Crippen LogP) is 4.27. The van der Waals surface area contributed by atoms with Gasteiger partial charge in [-0.1, -0.05) is 32.6 Å². The van der Waals surface area contributed by atoms with Crippen LogP contribution in [0.3, 0.4) is 0 Å². The van der Waals surface area contributed by atoms with E-state index in [1.165, 1.54) is 32.1 Å². The minimum absolute atomic E-state index is 0.388. The summed E-state index contributed by atoms with van der Waals surface area (Å²) in [7, 11) is 0. The lowest BCUT2D eigenvalue weighted by Crippen LogP contribution is -2.22. The first kappa shape index (κ1) is 12.2. The van der Waals surface area contributed by atoms with E-state index < -0.39 is 0 Å². The van der Waals surface area contributed by atoms with Crippen molar-refractivity contribution in [2.24, 2.45) is 5.92 Å². The smallest absolute Gasteiger partial charge is 0.169 e. The Balaban J connectivity index is 1.98. The van der Waals surface area contributed by atoms with Gasteiger partial charge in [0, 0.05) is 0 Å². The van der Waals surface area contributed by atoms with Gasteiger partial charge in [0.15, 0.2) is 4.67 Å². The summed E-state index contributed by atoms with van der Waals surface area (Å²) in [5.74, 6) is 1.95. The van der Waals surface area contributed by atoms with E-state index in [0.717, 1.165) is 22.9 Å². The zero-order chi connectivity index (χ0) is 11.4. The van der Waals surface area contributed by atoms with Crippen molar-refractivity contribution in [3.8, 4) is 0 Å². The zero-order valence-corrected chi connectivity index (χ0v) is 11.4. The first-order valence-corrected chi connectivity index (χ1v) is 7.07. The van der Waals surface area contributed by atoms with Gasteiger partial charge < -0.3 is 9.73 Å². The van der Waals surface area contributed by atoms with Gasteiger partial charge in [0.1, 0.15) is 5.76 Å². The summed E-state index contributed by atoms with van der Waals surface area (Å²) in [5, 5.41) is 3.52. The number of halogens is 1. The van der Waals surface area contributed by atoms with E-state index in [2.05, 4.69) is 34.2 Å². The lowest BCUT2D eigenvalue weighted by atomic mass is 9.97. The molecule has 0 aliphatic heterocycles. The first-order valence-electron chi connectivity index (χ1n) is 6.28. The largest absolute Gasteiger partial charge is 0.453 e. The maximum atomic E-state index is 5.66. The molecule has 2 rings (SSSR count). The molecule has 1 aromatic rings. The maximum Gasteiger partial charge on any atom is 0.169 e. The molecular formula is C13H20BrNO. The normalized spacial score (nSPS) is 19.1. The summed E-state index contributed by atoms with van der Waals surface area (Å²) < 4.78 is 6.49. The molecule has 1 unspecified atom stereocenters. The van der Waals surface area contributed by atoms with Gasteiger partial charge in [-0.2, -0.15) is 0 Å². The molecule has 1 atom stereocenters. The second kappa shape index (κ2) is 5.87. The number of rotatable bonds is 5. The molecule has 0 radical (unpaired) electrons. The Kier molecular flexibility index (Phi) is 4.47. The summed E-state index contributed by atoms with van der Waals surface area (Å²) in [6.45, 7) is 3.15. The van der Waals surface area contributed by atoms with Gasteiger partial charge >= 0.3 is 0 Å². The van der Waals surface area contributed by atoms with E-state index in [9.17, 15) is 0 Å². The van der Waals surface area contributed by atoms with Gasteiger partial charge in [-0.3, -0.25) is 0 Å². The maximum absolute atomic E-state index is 5.66. The van der Waals surface area contributed by atoms with E-state index in [1.807, 2.05) is 6.07 Å². The van der Waals surface area contributed by atoms with Gasteiger partial charge in [-0.15, -0.1) is 0 Å². The third-order valence-electron chi connectivity index (χ3n) is 3.43. The molecule has 0 amide bonds. The number of nitrogens with one attached hydrogen (secondary N) is 1. The molecule has 1 fully saturated rings. The molecule has 1 N–H and O–H groups in total. The van der Waals surface area contributed by atoms with Crippen molar-refractivity contribution in [1.82, 2.24) is 5.32 Å². The highest BCUT2D eigenvalue weighted by Gasteiger charge is 2.22. The SMILES string of the molecule is CCNC(CC1CCCC1)c1ccc(Br)o1. The first-order chi connectivity index (χ1) is 7.79. The van der Waals surface area contributed by atoms with E-state index in [1.54, 1.807) is 0 Å². The summed E-state index contributed by atoms with van der Waals surface area (Å²) in [6, 6.07) is 4.44. The van der Waals surface area contributed by atoms with Crippen LogP contribution >= 0.6 is 15.9 Å². The number of hydrogen-bond acceptors (Lipinski definition) is 2. The molecule has 3 heteroatoms. The second-order valence-corrected chi connectivity index (χ2v) is 5.42. The van der Waals surface area contributed by atoms with Crippen molar-refractivity contribution in [2.45, 2.75) is 45.1 Å². The van der Waals surface area contributed by atoms with E-state index >= 15 is 0 Å². The Morgan fingerprint density at radius 2 is 2.19 bits per heavy atom. The van der Waals surface area contributed by atoms with Crippen molar-refractivity contribution in [3.05, 3.63) is 22.6 Å². The summed E-state index contributed by atoms with van der Waals surface area (Å²) in [5.41, 5.74) is 0. The monoisotopic (exact) mass is 285 g/mol. The standard InChI is InChI=1S/C13H20BrNO/c1-2-15-11(9-10-5-3-4-6-10)12-7-8-13(14)16-12/h7-8,10-11,15H,2-6,9H2,1H3. The van der Waals surface area contributed by atoms with Crippen LogP contribution in [0.1, 0.15) is 50.8 Å². The highest BCUT2D eigenvalue weighted by molar-refractivity contribution is 9.10. The Labute approximate surface area is 106 Å². The third-order valence-corrected chi connectivity index (χ3v) is 3.86. The minimum Gasteiger partial charge on any atom is -0.453 e. The summed E-state index contributed by atoms with van der Waals surface area (Å²) >= 11 is 3.37. The molecule has 1 heterocycles. The Morgan fingerprint density at radius 3 is 2.75 bits per heavy atom. The number of furan rings is 1. The van der Waals surface area contributed by atoms with Gasteiger partial charge in [0.25, 0.3) is 0 Å². The topological polar surface area (TPSA) is 25.2 Å². The fourth-order valence-corrected chi connectivity index (χ4v) is 2.96. The molecule has 1 aromatic heterocycles. The van der Waals surface area contributed by atoms with E-state index in [0.29, 0.717) is 6.04 Å². The van der Waals surface area contributed by atoms with Crippen molar-refractivity contribution in [1.29, 1.82) is 0 Å². The molecule has 1 saturated carbocycles. The van der Waals surface area contributed by atoms with E-state index in [4.69, 9.17) is 4.42 Å². The van der Waals surface area contributed by atoms with Crippen LogP contribution in [-0.4, -0.2) is 6.54 Å². The molecule has 0 spiro atoms. The van der Waals surface area contributed by atoms with Gasteiger partial charge in [0.05, 0.1) is 6.04 Å². The molecular weight excluding hydrogens is 266 g/mol. The van der Waals surface area contributed by atoms with Crippen molar-refractivity contribution < 1.29 is 4.42 Å². The number of hydrogen-bond donors (Lipinski definition) is 1. The van der Waals surface area contributed by atoms with Crippen molar-refractivity contribution in [3.63, 3.8) is 0 Å². The highest BCUT2D eigenvalue weighted by atomic mass is 79.9. The molecule has 0 bridgehead atoms. The van der Waals surface area contributed by atoms with Crippen LogP contribution in [0.4, 0.5) is 0 Å². The quantitative estimate of drug-likeness (QED) is 0.874.